The Labute approximate surface area is 147 Å². The van der Waals surface area contributed by atoms with E-state index in [4.69, 9.17) is 0 Å². The molecule has 3 rings (SSSR count). The van der Waals surface area contributed by atoms with E-state index in [0.717, 1.165) is 4.47 Å². The van der Waals surface area contributed by atoms with Crippen LogP contribution in [0.2, 0.25) is 0 Å². The molecule has 0 fully saturated rings. The molecule has 0 unspecified atom stereocenters. The van der Waals surface area contributed by atoms with Crippen LogP contribution >= 0.6 is 38.5 Å². The van der Waals surface area contributed by atoms with Crippen LogP contribution in [0.4, 0.5) is 0 Å². The Hall–Kier alpha value is -1.07. The molecule has 1 heterocycles. The summed E-state index contributed by atoms with van der Waals surface area (Å²) >= 11 is 5.86. The first-order valence-corrected chi connectivity index (χ1v) is 8.64. The van der Waals surface area contributed by atoms with E-state index in [9.17, 15) is 0 Å². The van der Waals surface area contributed by atoms with Gasteiger partial charge in [-0.15, -0.1) is 0 Å². The van der Waals surface area contributed by atoms with Crippen molar-refractivity contribution in [1.29, 1.82) is 0 Å². The van der Waals surface area contributed by atoms with Gasteiger partial charge in [-0.1, -0.05) is 28.1 Å². The Morgan fingerprint density at radius 3 is 2.29 bits per heavy atom. The van der Waals surface area contributed by atoms with Crippen molar-refractivity contribution in [2.45, 2.75) is 13.8 Å². The first-order valence-electron chi connectivity index (χ1n) is 6.77. The molecule has 3 aromatic rings. The Bertz CT molecular complexity index is 787. The van der Waals surface area contributed by atoms with Gasteiger partial charge in [0, 0.05) is 19.4 Å². The van der Waals surface area contributed by atoms with E-state index in [1.165, 1.54) is 31.8 Å². The fourth-order valence-electron chi connectivity index (χ4n) is 2.57. The van der Waals surface area contributed by atoms with Crippen LogP contribution in [0, 0.1) is 17.4 Å². The van der Waals surface area contributed by atoms with Crippen molar-refractivity contribution < 1.29 is 0 Å². The number of aryl methyl sites for hydroxylation is 2. The molecule has 1 nitrogen and oxygen atoms in total. The van der Waals surface area contributed by atoms with Crippen molar-refractivity contribution in [1.82, 2.24) is 4.57 Å². The van der Waals surface area contributed by atoms with Crippen LogP contribution in [-0.2, 0) is 0 Å². The van der Waals surface area contributed by atoms with E-state index in [2.05, 4.69) is 112 Å². The van der Waals surface area contributed by atoms with Crippen LogP contribution in [0.25, 0.3) is 16.9 Å². The summed E-state index contributed by atoms with van der Waals surface area (Å²) in [6, 6.07) is 19.4. The van der Waals surface area contributed by atoms with Crippen molar-refractivity contribution in [3.05, 3.63) is 73.9 Å². The quantitative estimate of drug-likeness (QED) is 0.413. The van der Waals surface area contributed by atoms with Gasteiger partial charge < -0.3 is 4.57 Å². The molecule has 1 aromatic heterocycles. The van der Waals surface area contributed by atoms with Gasteiger partial charge in [0.2, 0.25) is 0 Å². The lowest BCUT2D eigenvalue weighted by molar-refractivity contribution is 1.01. The first-order chi connectivity index (χ1) is 10.1. The van der Waals surface area contributed by atoms with Crippen LogP contribution in [0.15, 0.2) is 59.1 Å². The lowest BCUT2D eigenvalue weighted by Gasteiger charge is -2.15. The summed E-state index contributed by atoms with van der Waals surface area (Å²) in [6.07, 6.45) is 0. The molecule has 21 heavy (non-hydrogen) atoms. The highest BCUT2D eigenvalue weighted by atomic mass is 127. The van der Waals surface area contributed by atoms with Crippen molar-refractivity contribution in [3.8, 4) is 16.9 Å². The average Bonchev–Trinajstić information content (AvgIpc) is 2.82. The van der Waals surface area contributed by atoms with Crippen LogP contribution in [0.3, 0.4) is 0 Å². The molecule has 0 aliphatic heterocycles. The third-order valence-corrected chi connectivity index (χ3v) is 4.82. The molecule has 0 atom stereocenters. The predicted octanol–water partition coefficient (Wildman–Crippen LogP) is 6.13. The van der Waals surface area contributed by atoms with Gasteiger partial charge in [0.25, 0.3) is 0 Å². The number of hydrogen-bond donors (Lipinski definition) is 0. The fourth-order valence-corrected chi connectivity index (χ4v) is 3.49. The number of nitrogens with zero attached hydrogens (tertiary/aromatic N) is 1. The first kappa shape index (κ1) is 14.9. The summed E-state index contributed by atoms with van der Waals surface area (Å²) < 4.78 is 4.70. The Morgan fingerprint density at radius 2 is 1.62 bits per heavy atom. The highest BCUT2D eigenvalue weighted by molar-refractivity contribution is 14.1. The van der Waals surface area contributed by atoms with Crippen LogP contribution in [0.1, 0.15) is 11.3 Å². The molecule has 0 spiro atoms. The second-order valence-electron chi connectivity index (χ2n) is 5.13. The molecule has 0 aliphatic rings. The number of rotatable bonds is 2. The zero-order chi connectivity index (χ0) is 15.0. The Balaban J connectivity index is 2.19. The standard InChI is InChI=1S/C18H15BrIN/c1-12-11-16(20)8-10-17(12)21-13(2)3-9-18(21)14-4-6-15(19)7-5-14/h3-11H,1-2H3. The van der Waals surface area contributed by atoms with Crippen molar-refractivity contribution in [2.75, 3.05) is 0 Å². The van der Waals surface area contributed by atoms with Crippen LogP contribution in [0.5, 0.6) is 0 Å². The third kappa shape index (κ3) is 2.94. The second-order valence-corrected chi connectivity index (χ2v) is 7.29. The minimum absolute atomic E-state index is 1.10. The monoisotopic (exact) mass is 451 g/mol. The Morgan fingerprint density at radius 1 is 0.905 bits per heavy atom. The summed E-state index contributed by atoms with van der Waals surface area (Å²) in [5, 5.41) is 0. The lowest BCUT2D eigenvalue weighted by atomic mass is 10.1. The van der Waals surface area contributed by atoms with E-state index in [0.29, 0.717) is 0 Å². The smallest absolute Gasteiger partial charge is 0.0531 e. The van der Waals surface area contributed by atoms with Crippen molar-refractivity contribution >= 4 is 38.5 Å². The fraction of sp³-hybridized carbons (Fsp3) is 0.111. The highest BCUT2D eigenvalue weighted by Crippen LogP contribution is 2.29. The zero-order valence-electron chi connectivity index (χ0n) is 11.9. The maximum atomic E-state index is 3.50. The Kier molecular flexibility index (Phi) is 4.22. The molecule has 0 N–H and O–H groups in total. The summed E-state index contributed by atoms with van der Waals surface area (Å²) in [5.74, 6) is 0. The normalized spacial score (nSPS) is 10.9. The van der Waals surface area contributed by atoms with Gasteiger partial charge in [-0.3, -0.25) is 0 Å². The largest absolute Gasteiger partial charge is 0.314 e. The van der Waals surface area contributed by atoms with E-state index >= 15 is 0 Å². The number of halogens is 2. The maximum absolute atomic E-state index is 3.50. The van der Waals surface area contributed by atoms with Crippen LogP contribution < -0.4 is 0 Å². The molecule has 0 radical (unpaired) electrons. The second kappa shape index (κ2) is 5.97. The highest BCUT2D eigenvalue weighted by Gasteiger charge is 2.11. The van der Waals surface area contributed by atoms with Gasteiger partial charge in [-0.2, -0.15) is 0 Å². The molecule has 0 aliphatic carbocycles. The third-order valence-electron chi connectivity index (χ3n) is 3.62. The average molecular weight is 452 g/mol. The topological polar surface area (TPSA) is 4.93 Å². The van der Waals surface area contributed by atoms with E-state index in [1.54, 1.807) is 0 Å². The van der Waals surface area contributed by atoms with Gasteiger partial charge >= 0.3 is 0 Å². The summed E-state index contributed by atoms with van der Waals surface area (Å²) in [5.41, 5.74) is 6.24. The summed E-state index contributed by atoms with van der Waals surface area (Å²) in [4.78, 5) is 0. The SMILES string of the molecule is Cc1cc(I)ccc1-n1c(C)ccc1-c1ccc(Br)cc1. The number of hydrogen-bond acceptors (Lipinski definition) is 0. The lowest BCUT2D eigenvalue weighted by Crippen LogP contribution is -2.01. The van der Waals surface area contributed by atoms with Gasteiger partial charge in [0.1, 0.15) is 0 Å². The number of aromatic nitrogens is 1. The van der Waals surface area contributed by atoms with Crippen LogP contribution in [-0.4, -0.2) is 4.57 Å². The molecular weight excluding hydrogens is 437 g/mol. The maximum Gasteiger partial charge on any atom is 0.0531 e. The summed E-state index contributed by atoms with van der Waals surface area (Å²) in [6.45, 7) is 4.32. The summed E-state index contributed by atoms with van der Waals surface area (Å²) in [7, 11) is 0. The zero-order valence-corrected chi connectivity index (χ0v) is 15.6. The minimum atomic E-state index is 1.10. The predicted molar refractivity (Wildman–Crippen MR) is 101 cm³/mol. The van der Waals surface area contributed by atoms with Gasteiger partial charge in [0.15, 0.2) is 0 Å². The molecule has 0 bridgehead atoms. The molecule has 2 aromatic carbocycles. The number of benzene rings is 2. The van der Waals surface area contributed by atoms with Gasteiger partial charge in [-0.25, -0.2) is 0 Å². The molecule has 106 valence electrons. The molecule has 0 amide bonds. The van der Waals surface area contributed by atoms with Gasteiger partial charge in [-0.05, 0) is 90.0 Å². The molecule has 3 heteroatoms. The van der Waals surface area contributed by atoms with Gasteiger partial charge in [0.05, 0.1) is 5.69 Å². The molecule has 0 saturated carbocycles. The minimum Gasteiger partial charge on any atom is -0.314 e. The molecular formula is C18H15BrIN. The van der Waals surface area contributed by atoms with E-state index in [-0.39, 0.29) is 0 Å². The van der Waals surface area contributed by atoms with E-state index in [1.807, 2.05) is 0 Å². The molecule has 0 saturated heterocycles. The van der Waals surface area contributed by atoms with E-state index < -0.39 is 0 Å². The van der Waals surface area contributed by atoms with Crippen molar-refractivity contribution in [3.63, 3.8) is 0 Å². The van der Waals surface area contributed by atoms with Crippen molar-refractivity contribution in [2.24, 2.45) is 0 Å².